The van der Waals surface area contributed by atoms with E-state index in [2.05, 4.69) is 33.0 Å². The van der Waals surface area contributed by atoms with Crippen molar-refractivity contribution in [2.75, 3.05) is 64.4 Å². The molecule has 1 saturated carbocycles. The topological polar surface area (TPSA) is 176 Å². The predicted molar refractivity (Wildman–Crippen MR) is 263 cm³/mol. The summed E-state index contributed by atoms with van der Waals surface area (Å²) in [6.45, 7) is 6.34. The van der Waals surface area contributed by atoms with Crippen LogP contribution in [-0.4, -0.2) is 111 Å². The summed E-state index contributed by atoms with van der Waals surface area (Å²) < 4.78 is 26.9. The SMILES string of the molecule is COc1ccc(C(N)=O)c(-c2cc(C(CNC3CCC(NC(=O)CN4CCC(C5CCN(C(=O)COc6ccc(N7CCC(=O)NC7=O)c(C)c6)CC5)CC4)CC3)c3ccccc3)ccc2Cl)c1F. The Kier molecular flexibility index (Phi) is 16.2. The third-order valence-electron chi connectivity index (χ3n) is 14.6. The van der Waals surface area contributed by atoms with E-state index in [9.17, 15) is 24.0 Å². The number of urea groups is 1. The number of aryl methyl sites for hydroxylation is 1. The molecule has 16 heteroatoms. The number of nitrogens with one attached hydrogen (secondary N) is 3. The first-order chi connectivity index (χ1) is 33.3. The number of amides is 6. The number of methoxy groups -OCH3 is 1. The number of carbonyl (C=O) groups excluding carboxylic acids is 5. The van der Waals surface area contributed by atoms with Crippen molar-refractivity contribution in [2.24, 2.45) is 17.6 Å². The second kappa shape index (κ2) is 22.6. The van der Waals surface area contributed by atoms with Gasteiger partial charge in [0.2, 0.25) is 17.7 Å². The third kappa shape index (κ3) is 12.1. The fourth-order valence-electron chi connectivity index (χ4n) is 10.7. The maximum Gasteiger partial charge on any atom is 0.328 e. The summed E-state index contributed by atoms with van der Waals surface area (Å²) in [4.78, 5) is 68.4. The zero-order valence-electron chi connectivity index (χ0n) is 39.4. The van der Waals surface area contributed by atoms with Crippen molar-refractivity contribution >= 4 is 46.9 Å². The van der Waals surface area contributed by atoms with E-state index in [0.29, 0.717) is 61.6 Å². The Bertz CT molecular complexity index is 2510. The molecule has 1 unspecified atom stereocenters. The quantitative estimate of drug-likeness (QED) is 0.0907. The second-order valence-corrected chi connectivity index (χ2v) is 19.3. The minimum atomic E-state index is -0.767. The molecule has 3 aliphatic heterocycles. The minimum absolute atomic E-state index is 0.00963. The van der Waals surface area contributed by atoms with Gasteiger partial charge in [0.15, 0.2) is 18.2 Å². The Morgan fingerprint density at radius 3 is 2.20 bits per heavy atom. The largest absolute Gasteiger partial charge is 0.494 e. The number of imide groups is 1. The van der Waals surface area contributed by atoms with Gasteiger partial charge in [0.1, 0.15) is 5.75 Å². The van der Waals surface area contributed by atoms with Crippen LogP contribution in [0.3, 0.4) is 0 Å². The molecule has 4 aliphatic rings. The highest BCUT2D eigenvalue weighted by molar-refractivity contribution is 6.33. The lowest BCUT2D eigenvalue weighted by molar-refractivity contribution is -0.135. The number of hydrogen-bond donors (Lipinski definition) is 4. The van der Waals surface area contributed by atoms with Crippen molar-refractivity contribution in [3.63, 3.8) is 0 Å². The van der Waals surface area contributed by atoms with Gasteiger partial charge in [-0.05, 0) is 142 Å². The Balaban J connectivity index is 0.751. The van der Waals surface area contributed by atoms with Crippen LogP contribution in [-0.2, 0) is 14.4 Å². The van der Waals surface area contributed by atoms with Gasteiger partial charge in [0.25, 0.3) is 5.91 Å². The fraction of sp³-hybridized carbons (Fsp3) is 0.453. The number of nitrogens with zero attached hydrogens (tertiary/aromatic N) is 3. The van der Waals surface area contributed by atoms with Crippen LogP contribution in [0.15, 0.2) is 78.9 Å². The molecule has 1 atom stereocenters. The molecular weight excluding hydrogens is 901 g/mol. The first kappa shape index (κ1) is 49.4. The van der Waals surface area contributed by atoms with Crippen LogP contribution in [0.2, 0.25) is 5.02 Å². The number of rotatable bonds is 16. The Morgan fingerprint density at radius 2 is 1.54 bits per heavy atom. The van der Waals surface area contributed by atoms with E-state index in [1.54, 1.807) is 18.2 Å². The molecule has 0 radical (unpaired) electrons. The average Bonchev–Trinajstić information content (AvgIpc) is 3.35. The number of benzene rings is 4. The van der Waals surface area contributed by atoms with Crippen LogP contribution in [0.5, 0.6) is 11.5 Å². The van der Waals surface area contributed by atoms with Crippen molar-refractivity contribution < 1.29 is 37.8 Å². The lowest BCUT2D eigenvalue weighted by Gasteiger charge is -2.40. The molecular formula is C53H63ClFN7O7. The summed E-state index contributed by atoms with van der Waals surface area (Å²) in [5.74, 6) is -0.140. The van der Waals surface area contributed by atoms with Crippen molar-refractivity contribution in [3.8, 4) is 22.6 Å². The van der Waals surface area contributed by atoms with Crippen LogP contribution in [0.25, 0.3) is 11.1 Å². The number of halogens is 2. The number of nitrogens with two attached hydrogens (primary N) is 1. The smallest absolute Gasteiger partial charge is 0.328 e. The van der Waals surface area contributed by atoms with E-state index in [0.717, 1.165) is 81.1 Å². The summed E-state index contributed by atoms with van der Waals surface area (Å²) in [6.07, 6.45) is 7.84. The number of hydrogen-bond acceptors (Lipinski definition) is 9. The minimum Gasteiger partial charge on any atom is -0.494 e. The summed E-state index contributed by atoms with van der Waals surface area (Å²) in [7, 11) is 1.37. The van der Waals surface area contributed by atoms with Gasteiger partial charge >= 0.3 is 6.03 Å². The second-order valence-electron chi connectivity index (χ2n) is 18.9. The number of anilines is 1. The standard InChI is InChI=1S/C53H63ClFN7O7/c1-33-28-40(13-16-45(33)62-27-22-47(63)59-53(62)67)69-32-49(65)61-25-20-35(21-26-61)34-18-23-60(24-19-34)31-48(64)58-39-11-9-38(10-12-39)57-30-43(36-6-4-3-5-7-36)37-8-15-44(54)42(29-37)50-41(52(56)66)14-17-46(68-2)51(50)55/h3-8,13-17,28-29,34-35,38-39,43,57H,9-12,18-27,30-32H2,1-2H3,(H2,56,66)(H,58,64)(H,59,63,67). The molecule has 8 rings (SSSR count). The van der Waals surface area contributed by atoms with Crippen molar-refractivity contribution in [2.45, 2.75) is 82.7 Å². The Morgan fingerprint density at radius 1 is 0.841 bits per heavy atom. The molecule has 0 spiro atoms. The van der Waals surface area contributed by atoms with Crippen LogP contribution >= 0.6 is 11.6 Å². The maximum atomic E-state index is 15.8. The molecule has 0 bridgehead atoms. The highest BCUT2D eigenvalue weighted by Crippen LogP contribution is 2.40. The van der Waals surface area contributed by atoms with E-state index in [-0.39, 0.29) is 70.6 Å². The molecule has 366 valence electrons. The van der Waals surface area contributed by atoms with E-state index in [4.69, 9.17) is 26.8 Å². The van der Waals surface area contributed by atoms with Gasteiger partial charge in [0, 0.05) is 72.4 Å². The Hall–Kier alpha value is -6.03. The average molecular weight is 965 g/mol. The van der Waals surface area contributed by atoms with Crippen LogP contribution < -0.4 is 36.1 Å². The maximum absolute atomic E-state index is 15.8. The van der Waals surface area contributed by atoms with Gasteiger partial charge in [-0.1, -0.05) is 48.0 Å². The van der Waals surface area contributed by atoms with Crippen molar-refractivity contribution in [1.29, 1.82) is 0 Å². The van der Waals surface area contributed by atoms with Crippen molar-refractivity contribution in [3.05, 3.63) is 112 Å². The molecule has 4 fully saturated rings. The lowest BCUT2D eigenvalue weighted by Crippen LogP contribution is -2.49. The molecule has 4 aromatic carbocycles. The predicted octanol–water partition coefficient (Wildman–Crippen LogP) is 7.19. The van der Waals surface area contributed by atoms with Gasteiger partial charge in [-0.3, -0.25) is 34.3 Å². The summed E-state index contributed by atoms with van der Waals surface area (Å²) >= 11 is 6.69. The summed E-state index contributed by atoms with van der Waals surface area (Å²) in [5, 5.41) is 9.74. The van der Waals surface area contributed by atoms with E-state index >= 15 is 4.39 Å². The molecule has 14 nitrogen and oxygen atoms in total. The molecule has 4 aromatic rings. The van der Waals surface area contributed by atoms with Crippen LogP contribution in [0.4, 0.5) is 14.9 Å². The van der Waals surface area contributed by atoms with Crippen LogP contribution in [0.1, 0.15) is 90.8 Å². The van der Waals surface area contributed by atoms with E-state index in [1.807, 2.05) is 48.2 Å². The molecule has 3 heterocycles. The number of primary amides is 1. The molecule has 5 N–H and O–H groups in total. The summed E-state index contributed by atoms with van der Waals surface area (Å²) in [5.41, 5.74) is 9.58. The first-order valence-corrected chi connectivity index (χ1v) is 24.6. The van der Waals surface area contributed by atoms with E-state index in [1.165, 1.54) is 24.1 Å². The van der Waals surface area contributed by atoms with Gasteiger partial charge < -0.3 is 30.7 Å². The number of ether oxygens (including phenoxy) is 2. The zero-order chi connectivity index (χ0) is 48.6. The highest BCUT2D eigenvalue weighted by Gasteiger charge is 2.33. The Labute approximate surface area is 408 Å². The number of piperidine rings is 2. The molecule has 1 aliphatic carbocycles. The number of likely N-dealkylation sites (tertiary alicyclic amines) is 2. The first-order valence-electron chi connectivity index (χ1n) is 24.2. The highest BCUT2D eigenvalue weighted by atomic mass is 35.5. The van der Waals surface area contributed by atoms with Gasteiger partial charge in [0.05, 0.1) is 19.2 Å². The molecule has 69 heavy (non-hydrogen) atoms. The summed E-state index contributed by atoms with van der Waals surface area (Å²) in [6, 6.07) is 23.7. The lowest BCUT2D eigenvalue weighted by atomic mass is 9.79. The van der Waals surface area contributed by atoms with Gasteiger partial charge in [-0.25, -0.2) is 9.18 Å². The van der Waals surface area contributed by atoms with E-state index < -0.39 is 17.8 Å². The molecule has 3 saturated heterocycles. The molecule has 6 amide bonds. The van der Waals surface area contributed by atoms with Gasteiger partial charge in [-0.15, -0.1) is 0 Å². The zero-order valence-corrected chi connectivity index (χ0v) is 40.2. The normalized spacial score (nSPS) is 20.0. The third-order valence-corrected chi connectivity index (χ3v) is 14.9. The van der Waals surface area contributed by atoms with Crippen LogP contribution in [0, 0.1) is 24.6 Å². The monoisotopic (exact) mass is 963 g/mol. The molecule has 0 aromatic heterocycles. The van der Waals surface area contributed by atoms with Gasteiger partial charge in [-0.2, -0.15) is 0 Å². The fourth-order valence-corrected chi connectivity index (χ4v) is 10.9. The van der Waals surface area contributed by atoms with Crippen molar-refractivity contribution in [1.82, 2.24) is 25.8 Å². The number of carbonyl (C=O) groups is 5.